The highest BCUT2D eigenvalue weighted by Gasteiger charge is 2.24. The number of thiol groups is 1. The molecule has 4 nitrogen and oxygen atoms in total. The number of anilines is 1. The van der Waals surface area contributed by atoms with Crippen LogP contribution in [-0.4, -0.2) is 23.5 Å². The zero-order chi connectivity index (χ0) is 14.6. The molecule has 1 amide bonds. The van der Waals surface area contributed by atoms with Crippen molar-refractivity contribution in [1.82, 2.24) is 10.3 Å². The van der Waals surface area contributed by atoms with Crippen LogP contribution >= 0.6 is 24.0 Å². The smallest absolute Gasteiger partial charge is 0.263 e. The van der Waals surface area contributed by atoms with Gasteiger partial charge < -0.3 is 10.6 Å². The molecule has 1 aliphatic rings. The number of pyridine rings is 1. The minimum atomic E-state index is -0.00405. The lowest BCUT2D eigenvalue weighted by molar-refractivity contribution is 0.0949. The Morgan fingerprint density at radius 3 is 3.05 bits per heavy atom. The third-order valence-electron chi connectivity index (χ3n) is 3.68. The summed E-state index contributed by atoms with van der Waals surface area (Å²) >= 11 is 5.81. The van der Waals surface area contributed by atoms with Crippen molar-refractivity contribution in [1.29, 1.82) is 0 Å². The Balaban J connectivity index is 2.08. The fourth-order valence-electron chi connectivity index (χ4n) is 2.71. The maximum absolute atomic E-state index is 12.3. The molecule has 0 bridgehead atoms. The van der Waals surface area contributed by atoms with E-state index in [1.807, 2.05) is 31.2 Å². The van der Waals surface area contributed by atoms with Gasteiger partial charge >= 0.3 is 0 Å². The number of carbonyl (C=O) groups excluding carboxylic acids is 1. The van der Waals surface area contributed by atoms with Gasteiger partial charge in [-0.1, -0.05) is 0 Å². The van der Waals surface area contributed by atoms with E-state index in [0.717, 1.165) is 38.1 Å². The topological polar surface area (TPSA) is 54.0 Å². The minimum absolute atomic E-state index is 0.00405. The van der Waals surface area contributed by atoms with E-state index in [1.54, 1.807) is 0 Å². The van der Waals surface area contributed by atoms with Gasteiger partial charge in [-0.3, -0.25) is 4.79 Å². The molecule has 0 radical (unpaired) electrons. The van der Waals surface area contributed by atoms with Crippen LogP contribution < -0.4 is 10.6 Å². The normalized spacial score (nSPS) is 18.2. The molecular formula is C15H13N3OS2. The van der Waals surface area contributed by atoms with Crippen LogP contribution in [0.3, 0.4) is 0 Å². The predicted molar refractivity (Wildman–Crippen MR) is 89.8 cm³/mol. The Hall–Kier alpha value is -1.79. The summed E-state index contributed by atoms with van der Waals surface area (Å²) in [5.41, 5.74) is 1.83. The van der Waals surface area contributed by atoms with Crippen LogP contribution in [0.15, 0.2) is 29.3 Å². The van der Waals surface area contributed by atoms with Crippen molar-refractivity contribution < 1.29 is 4.79 Å². The van der Waals surface area contributed by atoms with Crippen LogP contribution in [0.25, 0.3) is 21.0 Å². The van der Waals surface area contributed by atoms with Gasteiger partial charge in [0.1, 0.15) is 4.88 Å². The quantitative estimate of drug-likeness (QED) is 0.558. The maximum Gasteiger partial charge on any atom is 0.263 e. The van der Waals surface area contributed by atoms with Gasteiger partial charge in [-0.25, -0.2) is 4.98 Å². The summed E-state index contributed by atoms with van der Waals surface area (Å²) in [5.74, 6) is -0.00405. The predicted octanol–water partition coefficient (Wildman–Crippen LogP) is 3.28. The molecule has 1 atom stereocenters. The average molecular weight is 315 g/mol. The number of aromatic nitrogens is 1. The first-order valence-corrected chi connectivity index (χ1v) is 8.00. The molecule has 106 valence electrons. The maximum atomic E-state index is 12.3. The monoisotopic (exact) mass is 315 g/mol. The molecule has 2 aromatic heterocycles. The number of rotatable bonds is 0. The molecular weight excluding hydrogens is 302 g/mol. The van der Waals surface area contributed by atoms with Crippen LogP contribution in [0.1, 0.15) is 16.6 Å². The zero-order valence-electron chi connectivity index (χ0n) is 11.3. The van der Waals surface area contributed by atoms with Crippen molar-refractivity contribution in [3.05, 3.63) is 29.1 Å². The van der Waals surface area contributed by atoms with E-state index in [0.29, 0.717) is 5.03 Å². The van der Waals surface area contributed by atoms with Crippen LogP contribution in [0.4, 0.5) is 5.69 Å². The molecule has 0 saturated carbocycles. The lowest BCUT2D eigenvalue weighted by atomic mass is 10.1. The number of nitrogens with one attached hydrogen (secondary N) is 2. The number of fused-ring (bicyclic) bond motifs is 5. The molecule has 6 heteroatoms. The second-order valence-electron chi connectivity index (χ2n) is 5.24. The van der Waals surface area contributed by atoms with Gasteiger partial charge in [0.25, 0.3) is 5.91 Å². The van der Waals surface area contributed by atoms with E-state index in [4.69, 9.17) is 0 Å². The molecule has 2 N–H and O–H groups in total. The van der Waals surface area contributed by atoms with Crippen molar-refractivity contribution in [2.45, 2.75) is 18.0 Å². The highest BCUT2D eigenvalue weighted by Crippen LogP contribution is 2.40. The van der Waals surface area contributed by atoms with E-state index in [1.165, 1.54) is 11.3 Å². The van der Waals surface area contributed by atoms with Crippen molar-refractivity contribution in [3.8, 4) is 0 Å². The summed E-state index contributed by atoms with van der Waals surface area (Å²) in [5, 5.41) is 9.24. The molecule has 0 fully saturated rings. The molecule has 0 aliphatic carbocycles. The lowest BCUT2D eigenvalue weighted by Gasteiger charge is -2.09. The lowest BCUT2D eigenvalue weighted by Crippen LogP contribution is -2.34. The molecule has 3 aromatic rings. The summed E-state index contributed by atoms with van der Waals surface area (Å²) in [6, 6.07) is 8.02. The standard InChI is InChI=1S/C15H13N3OS2/c1-7-6-16-13-12-8-2-5-11(20)18-9(8)3-4-10(12)21-14(13)15(19)17-7/h2-5,7,16H,6H2,1H3,(H,17,19)(H,18,20)/t7-/m1/s1. The molecule has 3 heterocycles. The third-order valence-corrected chi connectivity index (χ3v) is 5.08. The fraction of sp³-hybridized carbons (Fsp3) is 0.200. The van der Waals surface area contributed by atoms with E-state index < -0.39 is 0 Å². The van der Waals surface area contributed by atoms with Crippen LogP contribution in [0, 0.1) is 0 Å². The molecule has 0 spiro atoms. The Morgan fingerprint density at radius 1 is 1.33 bits per heavy atom. The van der Waals surface area contributed by atoms with E-state index in [-0.39, 0.29) is 11.9 Å². The molecule has 0 saturated heterocycles. The molecule has 1 aromatic carbocycles. The summed E-state index contributed by atoms with van der Waals surface area (Å²) in [6.45, 7) is 2.72. The molecule has 21 heavy (non-hydrogen) atoms. The minimum Gasteiger partial charge on any atom is -0.381 e. The number of amides is 1. The third kappa shape index (κ3) is 1.98. The first-order valence-electron chi connectivity index (χ1n) is 6.73. The Morgan fingerprint density at radius 2 is 2.19 bits per heavy atom. The van der Waals surface area contributed by atoms with Crippen molar-refractivity contribution in [2.75, 3.05) is 11.9 Å². The number of hydrogen-bond donors (Lipinski definition) is 3. The van der Waals surface area contributed by atoms with Crippen molar-refractivity contribution in [3.63, 3.8) is 0 Å². The largest absolute Gasteiger partial charge is 0.381 e. The van der Waals surface area contributed by atoms with Crippen LogP contribution in [0.5, 0.6) is 0 Å². The highest BCUT2D eigenvalue weighted by molar-refractivity contribution is 7.80. The van der Waals surface area contributed by atoms with Gasteiger partial charge in [0, 0.05) is 28.1 Å². The van der Waals surface area contributed by atoms with Crippen molar-refractivity contribution >= 4 is 56.5 Å². The number of benzene rings is 1. The number of nitrogens with zero attached hydrogens (tertiary/aromatic N) is 1. The summed E-state index contributed by atoms with van der Waals surface area (Å²) < 4.78 is 1.10. The highest BCUT2D eigenvalue weighted by atomic mass is 32.1. The van der Waals surface area contributed by atoms with Crippen LogP contribution in [-0.2, 0) is 0 Å². The number of thiophene rings is 1. The summed E-state index contributed by atoms with van der Waals surface area (Å²) in [4.78, 5) is 17.5. The molecule has 1 aliphatic heterocycles. The first-order chi connectivity index (χ1) is 10.1. The Bertz CT molecular complexity index is 887. The average Bonchev–Trinajstić information content (AvgIpc) is 2.77. The number of carbonyl (C=O) groups is 1. The first kappa shape index (κ1) is 12.9. The Kier molecular flexibility index (Phi) is 2.83. The van der Waals surface area contributed by atoms with Gasteiger partial charge in [-0.2, -0.15) is 0 Å². The van der Waals surface area contributed by atoms with E-state index in [9.17, 15) is 4.79 Å². The second kappa shape index (κ2) is 4.61. The number of hydrogen-bond acceptors (Lipinski definition) is 5. The zero-order valence-corrected chi connectivity index (χ0v) is 13.0. The summed E-state index contributed by atoms with van der Waals surface area (Å²) in [7, 11) is 0. The van der Waals surface area contributed by atoms with Gasteiger partial charge in [0.05, 0.1) is 16.2 Å². The molecule has 0 unspecified atom stereocenters. The Labute approximate surface area is 131 Å². The SMILES string of the molecule is C[C@@H]1CNc2c(sc3ccc4nc(S)ccc4c23)C(=O)N1. The van der Waals surface area contributed by atoms with Crippen LogP contribution in [0.2, 0.25) is 0 Å². The summed E-state index contributed by atoms with van der Waals surface area (Å²) in [6.07, 6.45) is 0. The van der Waals surface area contributed by atoms with E-state index in [2.05, 4.69) is 28.2 Å². The van der Waals surface area contributed by atoms with Gasteiger partial charge in [-0.15, -0.1) is 24.0 Å². The van der Waals surface area contributed by atoms with Gasteiger partial charge in [0.15, 0.2) is 0 Å². The van der Waals surface area contributed by atoms with Gasteiger partial charge in [-0.05, 0) is 31.2 Å². The van der Waals surface area contributed by atoms with Gasteiger partial charge in [0.2, 0.25) is 0 Å². The second-order valence-corrected chi connectivity index (χ2v) is 6.75. The van der Waals surface area contributed by atoms with E-state index >= 15 is 0 Å². The van der Waals surface area contributed by atoms with Crippen molar-refractivity contribution in [2.24, 2.45) is 0 Å². The fourth-order valence-corrected chi connectivity index (χ4v) is 4.00. The molecule has 4 rings (SSSR count).